The van der Waals surface area contributed by atoms with Crippen molar-refractivity contribution in [2.75, 3.05) is 0 Å². The van der Waals surface area contributed by atoms with E-state index >= 15 is 0 Å². The van der Waals surface area contributed by atoms with Crippen LogP contribution in [0.3, 0.4) is 0 Å². The van der Waals surface area contributed by atoms with E-state index in [9.17, 15) is 17.6 Å². The Balaban J connectivity index is 1.80. The average Bonchev–Trinajstić information content (AvgIpc) is 3.05. The zero-order chi connectivity index (χ0) is 18.0. The molecule has 2 nitrogen and oxygen atoms in total. The Labute approximate surface area is 145 Å². The van der Waals surface area contributed by atoms with E-state index in [0.29, 0.717) is 5.56 Å². The van der Waals surface area contributed by atoms with Crippen LogP contribution >= 0.6 is 11.6 Å². The van der Waals surface area contributed by atoms with Crippen molar-refractivity contribution in [2.24, 2.45) is 0 Å². The Hall–Kier alpha value is -2.26. The van der Waals surface area contributed by atoms with Crippen LogP contribution in [0.4, 0.5) is 17.6 Å². The molecule has 0 radical (unpaired) electrons. The topological polar surface area (TPSA) is 33.0 Å². The van der Waals surface area contributed by atoms with Crippen molar-refractivity contribution in [3.63, 3.8) is 0 Å². The number of halogens is 5. The largest absolute Gasteiger partial charge is 0.457 e. The van der Waals surface area contributed by atoms with E-state index in [1.54, 1.807) is 0 Å². The van der Waals surface area contributed by atoms with E-state index in [4.69, 9.17) is 21.6 Å². The van der Waals surface area contributed by atoms with Gasteiger partial charge in [-0.1, -0.05) is 11.6 Å². The molecule has 25 heavy (non-hydrogen) atoms. The van der Waals surface area contributed by atoms with Crippen molar-refractivity contribution >= 4 is 11.6 Å². The van der Waals surface area contributed by atoms with Gasteiger partial charge in [-0.15, -0.1) is 0 Å². The summed E-state index contributed by atoms with van der Waals surface area (Å²) in [6.45, 7) is 0. The summed E-state index contributed by atoms with van der Waals surface area (Å²) < 4.78 is 61.9. The highest BCUT2D eigenvalue weighted by molar-refractivity contribution is 6.30. The quantitative estimate of drug-likeness (QED) is 0.631. The summed E-state index contributed by atoms with van der Waals surface area (Å²) in [5.74, 6) is -9.28. The Morgan fingerprint density at radius 2 is 1.92 bits per heavy atom. The molecule has 2 aliphatic rings. The van der Waals surface area contributed by atoms with Crippen LogP contribution in [0.2, 0.25) is 5.02 Å². The first-order chi connectivity index (χ1) is 11.8. The van der Waals surface area contributed by atoms with Crippen LogP contribution in [0.15, 0.2) is 30.3 Å². The van der Waals surface area contributed by atoms with Crippen molar-refractivity contribution in [1.29, 1.82) is 5.26 Å². The lowest BCUT2D eigenvalue weighted by atomic mass is 10.0. The minimum absolute atomic E-state index is 0.00460. The number of benzene rings is 2. The molecule has 4 rings (SSSR count). The predicted octanol–water partition coefficient (Wildman–Crippen LogP) is 5.77. The van der Waals surface area contributed by atoms with E-state index in [1.807, 2.05) is 6.07 Å². The van der Waals surface area contributed by atoms with E-state index in [2.05, 4.69) is 0 Å². The summed E-state index contributed by atoms with van der Waals surface area (Å²) in [6.07, 6.45) is 0.185. The third kappa shape index (κ3) is 2.15. The standard InChI is InChI=1S/C18H10ClF4NO/c19-10-5-9(8-24)6-11(7-10)25-15-4-3-14-16-12(15)1-2-13(16)17(20,21)18(14,22)23/h3-7,13H,1-2H2. The molecule has 2 aromatic rings. The highest BCUT2D eigenvalue weighted by atomic mass is 35.5. The summed E-state index contributed by atoms with van der Waals surface area (Å²) in [4.78, 5) is 0. The van der Waals surface area contributed by atoms with Gasteiger partial charge in [0.15, 0.2) is 0 Å². The lowest BCUT2D eigenvalue weighted by molar-refractivity contribution is -0.215. The van der Waals surface area contributed by atoms with Gasteiger partial charge in [-0.2, -0.15) is 22.8 Å². The Bertz CT molecular complexity index is 935. The van der Waals surface area contributed by atoms with Crippen LogP contribution in [-0.2, 0) is 12.3 Å². The molecule has 0 heterocycles. The van der Waals surface area contributed by atoms with Gasteiger partial charge in [0.05, 0.1) is 17.6 Å². The van der Waals surface area contributed by atoms with Crippen molar-refractivity contribution in [3.05, 3.63) is 57.6 Å². The highest BCUT2D eigenvalue weighted by Gasteiger charge is 2.69. The maximum absolute atomic E-state index is 14.1. The molecule has 7 heteroatoms. The van der Waals surface area contributed by atoms with E-state index in [0.717, 1.165) is 6.07 Å². The second-order valence-electron chi connectivity index (χ2n) is 6.18. The number of hydrogen-bond acceptors (Lipinski definition) is 2. The van der Waals surface area contributed by atoms with Gasteiger partial charge in [0, 0.05) is 10.6 Å². The summed E-state index contributed by atoms with van der Waals surface area (Å²) >= 11 is 5.92. The fraction of sp³-hybridized carbons (Fsp3) is 0.278. The molecule has 2 aromatic carbocycles. The zero-order valence-corrected chi connectivity index (χ0v) is 13.4. The molecule has 2 aliphatic carbocycles. The van der Waals surface area contributed by atoms with Crippen LogP contribution < -0.4 is 4.74 Å². The Kier molecular flexibility index (Phi) is 3.32. The fourth-order valence-corrected chi connectivity index (χ4v) is 3.90. The van der Waals surface area contributed by atoms with Crippen molar-refractivity contribution in [2.45, 2.75) is 30.6 Å². The molecule has 0 aliphatic heterocycles. The molecule has 1 atom stereocenters. The summed E-state index contributed by atoms with van der Waals surface area (Å²) in [7, 11) is 0. The first-order valence-corrected chi connectivity index (χ1v) is 7.94. The first-order valence-electron chi connectivity index (χ1n) is 7.56. The average molecular weight is 368 g/mol. The molecule has 0 aromatic heterocycles. The molecule has 128 valence electrons. The van der Waals surface area contributed by atoms with Gasteiger partial charge in [-0.25, -0.2) is 0 Å². The maximum atomic E-state index is 14.1. The van der Waals surface area contributed by atoms with Gasteiger partial charge in [0.25, 0.3) is 0 Å². The number of nitrogens with zero attached hydrogens (tertiary/aromatic N) is 1. The fourth-order valence-electron chi connectivity index (χ4n) is 3.68. The van der Waals surface area contributed by atoms with E-state index in [-0.39, 0.29) is 40.5 Å². The number of nitriles is 1. The van der Waals surface area contributed by atoms with Crippen LogP contribution in [0, 0.1) is 11.3 Å². The normalized spacial score (nSPS) is 21.7. The van der Waals surface area contributed by atoms with Crippen molar-refractivity contribution in [1.82, 2.24) is 0 Å². The Morgan fingerprint density at radius 1 is 1.16 bits per heavy atom. The van der Waals surface area contributed by atoms with Gasteiger partial charge >= 0.3 is 11.8 Å². The van der Waals surface area contributed by atoms with Crippen LogP contribution in [0.25, 0.3) is 0 Å². The van der Waals surface area contributed by atoms with Gasteiger partial charge < -0.3 is 4.74 Å². The van der Waals surface area contributed by atoms with Gasteiger partial charge in [0.1, 0.15) is 11.5 Å². The van der Waals surface area contributed by atoms with Crippen LogP contribution in [0.1, 0.15) is 34.6 Å². The summed E-state index contributed by atoms with van der Waals surface area (Å²) in [5, 5.41) is 9.25. The maximum Gasteiger partial charge on any atom is 0.336 e. The van der Waals surface area contributed by atoms with Crippen LogP contribution in [-0.4, -0.2) is 5.92 Å². The Morgan fingerprint density at radius 3 is 2.64 bits per heavy atom. The monoisotopic (exact) mass is 367 g/mol. The zero-order valence-electron chi connectivity index (χ0n) is 12.6. The van der Waals surface area contributed by atoms with Crippen molar-refractivity contribution < 1.29 is 22.3 Å². The molecule has 0 spiro atoms. The molecule has 0 saturated heterocycles. The third-order valence-corrected chi connectivity index (χ3v) is 4.99. The molecule has 0 amide bonds. The van der Waals surface area contributed by atoms with Gasteiger partial charge in [-0.05, 0) is 54.3 Å². The molecule has 0 N–H and O–H groups in total. The van der Waals surface area contributed by atoms with Crippen molar-refractivity contribution in [3.8, 4) is 17.6 Å². The number of ether oxygens (including phenoxy) is 1. The van der Waals surface area contributed by atoms with Gasteiger partial charge in [0.2, 0.25) is 0 Å². The lowest BCUT2D eigenvalue weighted by Crippen LogP contribution is -2.36. The molecule has 0 saturated carbocycles. The van der Waals surface area contributed by atoms with E-state index in [1.165, 1.54) is 24.3 Å². The smallest absolute Gasteiger partial charge is 0.336 e. The minimum Gasteiger partial charge on any atom is -0.457 e. The molecule has 0 fully saturated rings. The number of hydrogen-bond donors (Lipinski definition) is 0. The summed E-state index contributed by atoms with van der Waals surface area (Å²) in [5.41, 5.74) is 0.0232. The second kappa shape index (κ2) is 5.12. The van der Waals surface area contributed by atoms with E-state index < -0.39 is 23.3 Å². The third-order valence-electron chi connectivity index (χ3n) is 4.77. The second-order valence-corrected chi connectivity index (χ2v) is 6.62. The van der Waals surface area contributed by atoms with Gasteiger partial charge in [-0.3, -0.25) is 0 Å². The SMILES string of the molecule is N#Cc1cc(Cl)cc(Oc2ccc3c4c2CCC4C(F)(F)C3(F)F)c1. The summed E-state index contributed by atoms with van der Waals surface area (Å²) in [6, 6.07) is 8.58. The molecular formula is C18H10ClF4NO. The lowest BCUT2D eigenvalue weighted by Gasteiger charge is -2.23. The van der Waals surface area contributed by atoms with Crippen LogP contribution in [0.5, 0.6) is 11.5 Å². The minimum atomic E-state index is -4.18. The predicted molar refractivity (Wildman–Crippen MR) is 82.6 cm³/mol. The molecule has 0 bridgehead atoms. The molecule has 1 unspecified atom stereocenters. The molecular weight excluding hydrogens is 358 g/mol. The number of alkyl halides is 4. The number of rotatable bonds is 2. The first kappa shape index (κ1) is 16.2. The highest BCUT2D eigenvalue weighted by Crippen LogP contribution is 2.64.